The lowest BCUT2D eigenvalue weighted by atomic mass is 10.3. The van der Waals surface area contributed by atoms with E-state index in [-0.39, 0.29) is 24.0 Å². The van der Waals surface area contributed by atoms with Crippen molar-refractivity contribution >= 4 is 29.9 Å². The van der Waals surface area contributed by atoms with Gasteiger partial charge in [0.1, 0.15) is 0 Å². The molecule has 0 radical (unpaired) electrons. The van der Waals surface area contributed by atoms with Crippen LogP contribution in [-0.4, -0.2) is 37.2 Å². The van der Waals surface area contributed by atoms with Gasteiger partial charge in [0.15, 0.2) is 5.96 Å². The van der Waals surface area contributed by atoms with Gasteiger partial charge in [0.25, 0.3) is 0 Å². The van der Waals surface area contributed by atoms with Gasteiger partial charge in [-0.2, -0.15) is 0 Å². The van der Waals surface area contributed by atoms with Gasteiger partial charge in [0.2, 0.25) is 0 Å². The standard InChI is InChI=1S/C15H26N4O.HI/c1-4-16-15(17-10-7-11-20-5-2)18-12-14-9-6-8-13(3)19-14;/h6,8-9H,4-5,7,10-12H2,1-3H3,(H2,16,17,18);1H. The van der Waals surface area contributed by atoms with Crippen LogP contribution in [0.5, 0.6) is 0 Å². The summed E-state index contributed by atoms with van der Waals surface area (Å²) in [5.41, 5.74) is 2.00. The maximum absolute atomic E-state index is 5.31. The lowest BCUT2D eigenvalue weighted by molar-refractivity contribution is 0.145. The molecule has 0 spiro atoms. The van der Waals surface area contributed by atoms with Crippen molar-refractivity contribution in [1.82, 2.24) is 15.6 Å². The van der Waals surface area contributed by atoms with Crippen molar-refractivity contribution in [3.63, 3.8) is 0 Å². The smallest absolute Gasteiger partial charge is 0.191 e. The molecule has 21 heavy (non-hydrogen) atoms. The summed E-state index contributed by atoms with van der Waals surface area (Å²) in [5, 5.41) is 6.52. The molecule has 120 valence electrons. The second-order valence-corrected chi connectivity index (χ2v) is 4.44. The Labute approximate surface area is 145 Å². The molecule has 1 aromatic rings. The van der Waals surface area contributed by atoms with Crippen LogP contribution in [0.4, 0.5) is 0 Å². The zero-order valence-corrected chi connectivity index (χ0v) is 15.5. The van der Waals surface area contributed by atoms with E-state index < -0.39 is 0 Å². The van der Waals surface area contributed by atoms with E-state index in [4.69, 9.17) is 4.74 Å². The Bertz CT molecular complexity index is 412. The molecule has 1 rings (SSSR count). The summed E-state index contributed by atoms with van der Waals surface area (Å²) in [6.45, 7) is 9.89. The molecular formula is C15H27IN4O. The van der Waals surface area contributed by atoms with Crippen LogP contribution in [0.1, 0.15) is 31.7 Å². The zero-order chi connectivity index (χ0) is 14.6. The number of guanidine groups is 1. The first kappa shape index (κ1) is 20.1. The van der Waals surface area contributed by atoms with E-state index in [0.717, 1.165) is 50.1 Å². The van der Waals surface area contributed by atoms with Crippen LogP contribution >= 0.6 is 24.0 Å². The number of aromatic nitrogens is 1. The summed E-state index contributed by atoms with van der Waals surface area (Å²) < 4.78 is 5.31. The van der Waals surface area contributed by atoms with E-state index in [1.54, 1.807) is 0 Å². The van der Waals surface area contributed by atoms with E-state index in [0.29, 0.717) is 6.54 Å². The maximum atomic E-state index is 5.31. The minimum atomic E-state index is 0. The quantitative estimate of drug-likeness (QED) is 0.302. The highest BCUT2D eigenvalue weighted by atomic mass is 127. The van der Waals surface area contributed by atoms with Gasteiger partial charge in [0.05, 0.1) is 12.2 Å². The average Bonchev–Trinajstić information content (AvgIpc) is 2.44. The fraction of sp³-hybridized carbons (Fsp3) is 0.600. The van der Waals surface area contributed by atoms with Gasteiger partial charge in [0, 0.05) is 32.0 Å². The molecule has 0 aliphatic heterocycles. The Morgan fingerprint density at radius 1 is 1.29 bits per heavy atom. The van der Waals surface area contributed by atoms with Crippen LogP contribution in [0, 0.1) is 6.92 Å². The van der Waals surface area contributed by atoms with E-state index in [9.17, 15) is 0 Å². The second-order valence-electron chi connectivity index (χ2n) is 4.44. The molecule has 0 aliphatic rings. The average molecular weight is 406 g/mol. The van der Waals surface area contributed by atoms with Crippen LogP contribution in [0.3, 0.4) is 0 Å². The van der Waals surface area contributed by atoms with E-state index in [1.807, 2.05) is 32.0 Å². The predicted molar refractivity (Wildman–Crippen MR) is 98.3 cm³/mol. The molecular weight excluding hydrogens is 379 g/mol. The first-order valence-corrected chi connectivity index (χ1v) is 7.28. The number of pyridine rings is 1. The summed E-state index contributed by atoms with van der Waals surface area (Å²) in [6.07, 6.45) is 0.973. The fourth-order valence-electron chi connectivity index (χ4n) is 1.71. The molecule has 5 nitrogen and oxygen atoms in total. The molecule has 2 N–H and O–H groups in total. The first-order chi connectivity index (χ1) is 9.76. The van der Waals surface area contributed by atoms with Crippen molar-refractivity contribution in [2.45, 2.75) is 33.7 Å². The molecule has 0 unspecified atom stereocenters. The summed E-state index contributed by atoms with van der Waals surface area (Å²) in [6, 6.07) is 6.00. The van der Waals surface area contributed by atoms with Crippen LogP contribution < -0.4 is 10.6 Å². The Morgan fingerprint density at radius 3 is 2.76 bits per heavy atom. The number of halogens is 1. The molecule has 0 aliphatic carbocycles. The van der Waals surface area contributed by atoms with Crippen LogP contribution in [0.2, 0.25) is 0 Å². The molecule has 0 saturated carbocycles. The molecule has 0 bridgehead atoms. The SMILES string of the molecule is CCNC(=NCc1cccc(C)n1)NCCCOCC.I. The monoisotopic (exact) mass is 406 g/mol. The van der Waals surface area contributed by atoms with Crippen molar-refractivity contribution in [2.24, 2.45) is 4.99 Å². The normalized spacial score (nSPS) is 10.9. The predicted octanol–water partition coefficient (Wildman–Crippen LogP) is 2.49. The van der Waals surface area contributed by atoms with Crippen molar-refractivity contribution in [2.75, 3.05) is 26.3 Å². The van der Waals surface area contributed by atoms with E-state index >= 15 is 0 Å². The van der Waals surface area contributed by atoms with Crippen molar-refractivity contribution in [1.29, 1.82) is 0 Å². The molecule has 1 heterocycles. The van der Waals surface area contributed by atoms with Crippen molar-refractivity contribution in [3.8, 4) is 0 Å². The number of ether oxygens (including phenoxy) is 1. The maximum Gasteiger partial charge on any atom is 0.191 e. The fourth-order valence-corrected chi connectivity index (χ4v) is 1.71. The van der Waals surface area contributed by atoms with Gasteiger partial charge in [-0.3, -0.25) is 4.98 Å². The molecule has 0 fully saturated rings. The summed E-state index contributed by atoms with van der Waals surface area (Å²) >= 11 is 0. The van der Waals surface area contributed by atoms with E-state index in [1.165, 1.54) is 0 Å². The Balaban J connectivity index is 0.00000400. The third kappa shape index (κ3) is 9.62. The molecule has 0 amide bonds. The number of rotatable bonds is 8. The Morgan fingerprint density at radius 2 is 2.10 bits per heavy atom. The van der Waals surface area contributed by atoms with Crippen LogP contribution in [0.15, 0.2) is 23.2 Å². The zero-order valence-electron chi connectivity index (χ0n) is 13.2. The van der Waals surface area contributed by atoms with E-state index in [2.05, 4.69) is 27.5 Å². The molecule has 0 atom stereocenters. The lowest BCUT2D eigenvalue weighted by Crippen LogP contribution is -2.38. The highest BCUT2D eigenvalue weighted by Gasteiger charge is 1.98. The first-order valence-electron chi connectivity index (χ1n) is 7.28. The van der Waals surface area contributed by atoms with Gasteiger partial charge >= 0.3 is 0 Å². The third-order valence-corrected chi connectivity index (χ3v) is 2.65. The molecule has 0 saturated heterocycles. The van der Waals surface area contributed by atoms with Gasteiger partial charge in [-0.15, -0.1) is 24.0 Å². The number of nitrogens with one attached hydrogen (secondary N) is 2. The topological polar surface area (TPSA) is 58.5 Å². The van der Waals surface area contributed by atoms with Gasteiger partial charge < -0.3 is 15.4 Å². The molecule has 0 aromatic carbocycles. The highest BCUT2D eigenvalue weighted by molar-refractivity contribution is 14.0. The lowest BCUT2D eigenvalue weighted by Gasteiger charge is -2.11. The number of hydrogen-bond acceptors (Lipinski definition) is 3. The van der Waals surface area contributed by atoms with Gasteiger partial charge in [-0.05, 0) is 39.3 Å². The summed E-state index contributed by atoms with van der Waals surface area (Å²) in [7, 11) is 0. The molecule has 6 heteroatoms. The highest BCUT2D eigenvalue weighted by Crippen LogP contribution is 1.99. The van der Waals surface area contributed by atoms with Crippen molar-refractivity contribution in [3.05, 3.63) is 29.6 Å². The van der Waals surface area contributed by atoms with Crippen LogP contribution in [0.25, 0.3) is 0 Å². The van der Waals surface area contributed by atoms with Gasteiger partial charge in [-0.25, -0.2) is 4.99 Å². The number of aryl methyl sites for hydroxylation is 1. The minimum absolute atomic E-state index is 0. The Hall–Kier alpha value is -0.890. The number of hydrogen-bond donors (Lipinski definition) is 2. The largest absolute Gasteiger partial charge is 0.382 e. The number of aliphatic imine (C=N–C) groups is 1. The second kappa shape index (κ2) is 12.8. The van der Waals surface area contributed by atoms with Gasteiger partial charge in [-0.1, -0.05) is 6.07 Å². The third-order valence-electron chi connectivity index (χ3n) is 2.65. The summed E-state index contributed by atoms with van der Waals surface area (Å²) in [5.74, 6) is 0.826. The summed E-state index contributed by atoms with van der Waals surface area (Å²) in [4.78, 5) is 8.98. The minimum Gasteiger partial charge on any atom is -0.382 e. The van der Waals surface area contributed by atoms with Crippen LogP contribution in [-0.2, 0) is 11.3 Å². The Kier molecular flexibility index (Phi) is 12.3. The number of nitrogens with zero attached hydrogens (tertiary/aromatic N) is 2. The molecule has 1 aromatic heterocycles. The van der Waals surface area contributed by atoms with Crippen molar-refractivity contribution < 1.29 is 4.74 Å².